The lowest BCUT2D eigenvalue weighted by Crippen LogP contribution is -2.34. The second-order valence-corrected chi connectivity index (χ2v) is 7.29. The lowest BCUT2D eigenvalue weighted by atomic mass is 10.2. The number of amides is 1. The Morgan fingerprint density at radius 2 is 2.00 bits per heavy atom. The summed E-state index contributed by atoms with van der Waals surface area (Å²) in [6, 6.07) is 11.8. The molecule has 0 atom stereocenters. The minimum atomic E-state index is -3.54. The Balaban J connectivity index is 1.98. The van der Waals surface area contributed by atoms with E-state index in [1.165, 1.54) is 12.1 Å². The lowest BCUT2D eigenvalue weighted by molar-refractivity contribution is -0.121. The van der Waals surface area contributed by atoms with Gasteiger partial charge in [0.25, 0.3) is 0 Å². The van der Waals surface area contributed by atoms with E-state index in [4.69, 9.17) is 5.26 Å². The Labute approximate surface area is 147 Å². The summed E-state index contributed by atoms with van der Waals surface area (Å²) in [5.41, 5.74) is 1.72. The number of anilines is 1. The van der Waals surface area contributed by atoms with Gasteiger partial charge in [-0.15, -0.1) is 0 Å². The molecular weight excluding hydrogens is 340 g/mol. The van der Waals surface area contributed by atoms with Crippen LogP contribution in [0.4, 0.5) is 5.69 Å². The summed E-state index contributed by atoms with van der Waals surface area (Å²) in [6.45, 7) is 0.353. The van der Waals surface area contributed by atoms with Gasteiger partial charge in [0.05, 0.1) is 23.6 Å². The van der Waals surface area contributed by atoms with Crippen molar-refractivity contribution in [1.82, 2.24) is 10.3 Å². The molecule has 2 aromatic rings. The highest BCUT2D eigenvalue weighted by Crippen LogP contribution is 2.18. The highest BCUT2D eigenvalue weighted by molar-refractivity contribution is 7.92. The minimum absolute atomic E-state index is 0.0175. The highest BCUT2D eigenvalue weighted by Gasteiger charge is 2.18. The van der Waals surface area contributed by atoms with E-state index in [9.17, 15) is 13.2 Å². The first kappa shape index (κ1) is 18.4. The van der Waals surface area contributed by atoms with E-state index < -0.39 is 10.0 Å². The first-order valence-corrected chi connectivity index (χ1v) is 9.38. The van der Waals surface area contributed by atoms with Crippen LogP contribution < -0.4 is 9.62 Å². The Bertz CT molecular complexity index is 859. The van der Waals surface area contributed by atoms with Gasteiger partial charge < -0.3 is 5.32 Å². The number of rotatable bonds is 7. The maximum Gasteiger partial charge on any atom is 0.232 e. The van der Waals surface area contributed by atoms with E-state index >= 15 is 0 Å². The van der Waals surface area contributed by atoms with Crippen molar-refractivity contribution in [2.75, 3.05) is 17.1 Å². The van der Waals surface area contributed by atoms with Gasteiger partial charge in [-0.05, 0) is 35.9 Å². The van der Waals surface area contributed by atoms with Crippen LogP contribution in [0.25, 0.3) is 0 Å². The third kappa shape index (κ3) is 5.58. The van der Waals surface area contributed by atoms with Gasteiger partial charge in [-0.3, -0.25) is 14.1 Å². The fourth-order valence-corrected chi connectivity index (χ4v) is 3.11. The quantitative estimate of drug-likeness (QED) is 0.806. The summed E-state index contributed by atoms with van der Waals surface area (Å²) in [4.78, 5) is 15.9. The van der Waals surface area contributed by atoms with Crippen molar-refractivity contribution in [2.45, 2.75) is 13.0 Å². The Morgan fingerprint density at radius 1 is 1.28 bits per heavy atom. The van der Waals surface area contributed by atoms with Crippen molar-refractivity contribution in [1.29, 1.82) is 5.26 Å². The Morgan fingerprint density at radius 3 is 2.56 bits per heavy atom. The molecule has 130 valence electrons. The summed E-state index contributed by atoms with van der Waals surface area (Å²) >= 11 is 0. The number of carbonyl (C=O) groups is 1. The van der Waals surface area contributed by atoms with Crippen molar-refractivity contribution >= 4 is 21.6 Å². The minimum Gasteiger partial charge on any atom is -0.352 e. The van der Waals surface area contributed by atoms with Gasteiger partial charge >= 0.3 is 0 Å². The molecule has 0 radical (unpaired) electrons. The van der Waals surface area contributed by atoms with Gasteiger partial charge in [0.1, 0.15) is 0 Å². The third-order valence-corrected chi connectivity index (χ3v) is 4.63. The van der Waals surface area contributed by atoms with Crippen molar-refractivity contribution in [3.05, 3.63) is 59.9 Å². The van der Waals surface area contributed by atoms with E-state index in [-0.39, 0.29) is 18.9 Å². The van der Waals surface area contributed by atoms with Crippen molar-refractivity contribution in [3.63, 3.8) is 0 Å². The Kier molecular flexibility index (Phi) is 6.08. The second kappa shape index (κ2) is 8.26. The summed E-state index contributed by atoms with van der Waals surface area (Å²) in [5, 5.41) is 11.5. The van der Waals surface area contributed by atoms with Crippen molar-refractivity contribution in [2.24, 2.45) is 0 Å². The maximum atomic E-state index is 12.0. The molecule has 1 aromatic carbocycles. The summed E-state index contributed by atoms with van der Waals surface area (Å²) < 4.78 is 25.1. The molecule has 1 aromatic heterocycles. The average molecular weight is 358 g/mol. The zero-order valence-corrected chi connectivity index (χ0v) is 14.5. The van der Waals surface area contributed by atoms with Crippen molar-refractivity contribution in [3.8, 4) is 6.07 Å². The largest absolute Gasteiger partial charge is 0.352 e. The SMILES string of the molecule is CS(=O)(=O)N(CCC(=O)NCc1cccnc1)c1ccc(C#N)cc1. The first-order chi connectivity index (χ1) is 11.9. The number of hydrogen-bond acceptors (Lipinski definition) is 5. The van der Waals surface area contributed by atoms with Gasteiger partial charge in [-0.2, -0.15) is 5.26 Å². The number of pyridine rings is 1. The molecule has 1 amide bonds. The predicted molar refractivity (Wildman–Crippen MR) is 94.0 cm³/mol. The molecule has 2 rings (SSSR count). The van der Waals surface area contributed by atoms with Gasteiger partial charge in [-0.1, -0.05) is 6.07 Å². The summed E-state index contributed by atoms with van der Waals surface area (Å²) in [5.74, 6) is -0.258. The number of hydrogen-bond donors (Lipinski definition) is 1. The normalized spacial score (nSPS) is 10.7. The average Bonchev–Trinajstić information content (AvgIpc) is 2.60. The van der Waals surface area contributed by atoms with E-state index in [0.717, 1.165) is 16.1 Å². The lowest BCUT2D eigenvalue weighted by Gasteiger charge is -2.22. The van der Waals surface area contributed by atoms with Crippen LogP contribution in [0.3, 0.4) is 0 Å². The van der Waals surface area contributed by atoms with Crippen LogP contribution in [0.5, 0.6) is 0 Å². The standard InChI is InChI=1S/C17H18N4O3S/c1-25(23,24)21(16-6-4-14(11-18)5-7-16)10-8-17(22)20-13-15-3-2-9-19-12-15/h2-7,9,12H,8,10,13H2,1H3,(H,20,22). The van der Waals surface area contributed by atoms with Crippen LogP contribution in [0.2, 0.25) is 0 Å². The molecule has 0 aliphatic carbocycles. The Hall–Kier alpha value is -2.92. The molecule has 7 nitrogen and oxygen atoms in total. The fourth-order valence-electron chi connectivity index (χ4n) is 2.18. The molecule has 8 heteroatoms. The zero-order valence-electron chi connectivity index (χ0n) is 13.7. The van der Waals surface area contributed by atoms with E-state index in [0.29, 0.717) is 17.8 Å². The number of carbonyl (C=O) groups excluding carboxylic acids is 1. The molecule has 0 saturated carbocycles. The second-order valence-electron chi connectivity index (χ2n) is 5.38. The molecule has 1 heterocycles. The number of aromatic nitrogens is 1. The van der Waals surface area contributed by atoms with Crippen LogP contribution in [-0.2, 0) is 21.4 Å². The fraction of sp³-hybridized carbons (Fsp3) is 0.235. The predicted octanol–water partition coefficient (Wildman–Crippen LogP) is 1.43. The molecule has 0 unspecified atom stereocenters. The molecule has 0 aliphatic rings. The van der Waals surface area contributed by atoms with Crippen LogP contribution in [0.1, 0.15) is 17.5 Å². The van der Waals surface area contributed by atoms with E-state index in [2.05, 4.69) is 10.3 Å². The highest BCUT2D eigenvalue weighted by atomic mass is 32.2. The molecule has 0 spiro atoms. The molecule has 0 aliphatic heterocycles. The molecule has 0 bridgehead atoms. The molecular formula is C17H18N4O3S. The summed E-state index contributed by atoms with van der Waals surface area (Å²) in [6.07, 6.45) is 4.40. The van der Waals surface area contributed by atoms with Crippen LogP contribution in [-0.4, -0.2) is 32.1 Å². The van der Waals surface area contributed by atoms with Crippen LogP contribution in [0, 0.1) is 11.3 Å². The maximum absolute atomic E-state index is 12.0. The third-order valence-electron chi connectivity index (χ3n) is 3.44. The molecule has 25 heavy (non-hydrogen) atoms. The first-order valence-electron chi connectivity index (χ1n) is 7.53. The number of nitrogens with zero attached hydrogens (tertiary/aromatic N) is 3. The van der Waals surface area contributed by atoms with E-state index in [1.54, 1.807) is 30.6 Å². The number of sulfonamides is 1. The van der Waals surface area contributed by atoms with Crippen LogP contribution in [0.15, 0.2) is 48.8 Å². The van der Waals surface area contributed by atoms with Crippen molar-refractivity contribution < 1.29 is 13.2 Å². The smallest absolute Gasteiger partial charge is 0.232 e. The molecule has 0 fully saturated rings. The number of benzene rings is 1. The van der Waals surface area contributed by atoms with Gasteiger partial charge in [0, 0.05) is 31.9 Å². The number of nitriles is 1. The van der Waals surface area contributed by atoms with Crippen LogP contribution >= 0.6 is 0 Å². The topological polar surface area (TPSA) is 103 Å². The molecule has 1 N–H and O–H groups in total. The van der Waals surface area contributed by atoms with E-state index in [1.807, 2.05) is 12.1 Å². The zero-order chi connectivity index (χ0) is 18.3. The van der Waals surface area contributed by atoms with Gasteiger partial charge in [-0.25, -0.2) is 8.42 Å². The number of nitrogens with one attached hydrogen (secondary N) is 1. The molecule has 0 saturated heterocycles. The van der Waals surface area contributed by atoms with Gasteiger partial charge in [0.2, 0.25) is 15.9 Å². The summed E-state index contributed by atoms with van der Waals surface area (Å²) in [7, 11) is -3.54. The monoisotopic (exact) mass is 358 g/mol. The van der Waals surface area contributed by atoms with Gasteiger partial charge in [0.15, 0.2) is 0 Å².